The van der Waals surface area contributed by atoms with Gasteiger partial charge in [0.05, 0.1) is 12.7 Å². The maximum atomic E-state index is 13.9. The number of rotatable bonds is 6. The Morgan fingerprint density at radius 2 is 1.56 bits per heavy atom. The predicted octanol–water partition coefficient (Wildman–Crippen LogP) is -2.07. The van der Waals surface area contributed by atoms with Crippen LogP contribution in [-0.4, -0.2) is 119 Å². The van der Waals surface area contributed by atoms with Gasteiger partial charge in [-0.15, -0.1) is 0 Å². The minimum Gasteiger partial charge on any atom is -0.508 e. The van der Waals surface area contributed by atoms with Gasteiger partial charge in [-0.05, 0) is 31.2 Å². The van der Waals surface area contributed by atoms with Gasteiger partial charge in [0, 0.05) is 17.7 Å². The van der Waals surface area contributed by atoms with E-state index in [9.17, 15) is 55.9 Å². The first-order valence-electron chi connectivity index (χ1n) is 13.0. The average Bonchev–Trinajstić information content (AvgIpc) is 2.96. The molecule has 0 bridgehead atoms. The molecule has 0 amide bonds. The first-order valence-corrected chi connectivity index (χ1v) is 13.0. The quantitative estimate of drug-likeness (QED) is 0.134. The van der Waals surface area contributed by atoms with Gasteiger partial charge in [-0.2, -0.15) is 0 Å². The van der Waals surface area contributed by atoms with Gasteiger partial charge < -0.3 is 74.4 Å². The molecule has 43 heavy (non-hydrogen) atoms. The van der Waals surface area contributed by atoms with E-state index in [0.717, 1.165) is 12.1 Å². The number of aliphatic hydroxyl groups excluding tert-OH is 7. The van der Waals surface area contributed by atoms with Crippen LogP contribution in [0.15, 0.2) is 45.6 Å². The number of hydrogen-bond acceptors (Lipinski definition) is 16. The van der Waals surface area contributed by atoms with E-state index in [0.29, 0.717) is 0 Å². The molecule has 0 saturated carbocycles. The molecule has 10 atom stereocenters. The van der Waals surface area contributed by atoms with E-state index < -0.39 is 102 Å². The van der Waals surface area contributed by atoms with E-state index in [-0.39, 0.29) is 16.9 Å². The predicted molar refractivity (Wildman–Crippen MR) is 140 cm³/mol. The molecular formula is C27H30O16. The molecule has 0 spiro atoms. The minimum atomic E-state index is -3.06. The Hall–Kier alpha value is -3.55. The highest BCUT2D eigenvalue weighted by Gasteiger charge is 2.60. The largest absolute Gasteiger partial charge is 0.508 e. The average molecular weight is 611 g/mol. The van der Waals surface area contributed by atoms with Gasteiger partial charge in [-0.1, -0.05) is 0 Å². The second-order valence-electron chi connectivity index (χ2n) is 10.2. The second kappa shape index (κ2) is 11.5. The summed E-state index contributed by atoms with van der Waals surface area (Å²) in [6.07, 6.45) is -17.0. The molecule has 10 N–H and O–H groups in total. The van der Waals surface area contributed by atoms with E-state index in [1.54, 1.807) is 0 Å². The number of phenols is 3. The maximum Gasteiger partial charge on any atom is 0.358 e. The summed E-state index contributed by atoms with van der Waals surface area (Å²) in [7, 11) is 0. The summed E-state index contributed by atoms with van der Waals surface area (Å²) >= 11 is 0. The van der Waals surface area contributed by atoms with Gasteiger partial charge >= 0.3 is 5.97 Å². The monoisotopic (exact) mass is 610 g/mol. The second-order valence-corrected chi connectivity index (χ2v) is 10.2. The van der Waals surface area contributed by atoms with Crippen LogP contribution in [0.5, 0.6) is 23.0 Å². The lowest BCUT2D eigenvalue weighted by Crippen LogP contribution is -2.71. The minimum absolute atomic E-state index is 0.0750. The van der Waals surface area contributed by atoms with Crippen molar-refractivity contribution in [2.45, 2.75) is 68.0 Å². The number of benzene rings is 2. The lowest BCUT2D eigenvalue weighted by Gasteiger charge is -2.49. The zero-order valence-electron chi connectivity index (χ0n) is 22.3. The third-order valence-electron chi connectivity index (χ3n) is 7.30. The molecule has 2 aliphatic rings. The first kappa shape index (κ1) is 30.9. The van der Waals surface area contributed by atoms with E-state index in [1.807, 2.05) is 0 Å². The Morgan fingerprint density at radius 3 is 2.21 bits per heavy atom. The van der Waals surface area contributed by atoms with Crippen molar-refractivity contribution < 1.29 is 74.4 Å². The number of aliphatic hydroxyl groups is 7. The van der Waals surface area contributed by atoms with Crippen LogP contribution in [0.25, 0.3) is 22.3 Å². The molecule has 1 aromatic heterocycles. The molecule has 16 nitrogen and oxygen atoms in total. The molecule has 3 aromatic rings. The Balaban J connectivity index is 1.71. The lowest BCUT2D eigenvalue weighted by atomic mass is 9.96. The Kier molecular flexibility index (Phi) is 8.27. The smallest absolute Gasteiger partial charge is 0.358 e. The lowest BCUT2D eigenvalue weighted by molar-refractivity contribution is -0.463. The number of aromatic hydroxyl groups is 3. The summed E-state index contributed by atoms with van der Waals surface area (Å²) in [5, 5.41) is 103. The summed E-state index contributed by atoms with van der Waals surface area (Å²) in [5.41, 5.74) is -1.35. The van der Waals surface area contributed by atoms with E-state index in [1.165, 1.54) is 31.2 Å². The molecule has 234 valence electrons. The number of hydrogen-bond donors (Lipinski definition) is 10. The normalized spacial score (nSPS) is 34.7. The number of phenolic OH excluding ortho intramolecular Hbond substituents is 3. The molecule has 5 rings (SSSR count). The van der Waals surface area contributed by atoms with Gasteiger partial charge in [0.1, 0.15) is 64.8 Å². The summed E-state index contributed by atoms with van der Waals surface area (Å²) < 4.78 is 28.1. The molecule has 3 heterocycles. The van der Waals surface area contributed by atoms with Crippen LogP contribution in [0.1, 0.15) is 6.92 Å². The van der Waals surface area contributed by atoms with Crippen molar-refractivity contribution in [3.63, 3.8) is 0 Å². The zero-order valence-corrected chi connectivity index (χ0v) is 22.3. The Morgan fingerprint density at radius 1 is 0.884 bits per heavy atom. The molecule has 2 fully saturated rings. The first-order chi connectivity index (χ1) is 20.3. The van der Waals surface area contributed by atoms with Crippen molar-refractivity contribution in [3.8, 4) is 34.3 Å². The van der Waals surface area contributed by atoms with Gasteiger partial charge in [0.15, 0.2) is 18.2 Å². The third kappa shape index (κ3) is 5.38. The topological polar surface area (TPSA) is 269 Å². The van der Waals surface area contributed by atoms with Crippen LogP contribution in [0.3, 0.4) is 0 Å². The van der Waals surface area contributed by atoms with Gasteiger partial charge in [-0.25, -0.2) is 0 Å². The fourth-order valence-corrected chi connectivity index (χ4v) is 4.97. The van der Waals surface area contributed by atoms with Crippen molar-refractivity contribution >= 4 is 11.0 Å². The molecule has 2 aliphatic heterocycles. The molecule has 2 saturated heterocycles. The van der Waals surface area contributed by atoms with Gasteiger partial charge in [-0.3, -0.25) is 4.79 Å². The summed E-state index contributed by atoms with van der Waals surface area (Å²) in [6.45, 7) is 0.429. The highest BCUT2D eigenvalue weighted by molar-refractivity contribution is 5.88. The highest BCUT2D eigenvalue weighted by Crippen LogP contribution is 2.41. The van der Waals surface area contributed by atoms with Crippen molar-refractivity contribution in [1.82, 2.24) is 0 Å². The standard InChI is InChI=1S/C27H30O16/c1-9-17(32)21(36)25(37)27(41-9,43-24-20(35)18(33)15(8-28)40-26(24)38)42-23-19(34)16-13(31)6-12(30)7-14(16)39-22(23)10-2-4-11(29)5-3-10/h2-7,9,15,17-18,20-21,24-26,28-33,35-38H,8H2,1H3. The van der Waals surface area contributed by atoms with Crippen LogP contribution in [0.4, 0.5) is 0 Å². The Bertz CT molecular complexity index is 1520. The van der Waals surface area contributed by atoms with Crippen molar-refractivity contribution in [2.24, 2.45) is 0 Å². The fourth-order valence-electron chi connectivity index (χ4n) is 4.97. The van der Waals surface area contributed by atoms with Crippen LogP contribution in [-0.2, 0) is 14.2 Å². The fraction of sp³-hybridized carbons (Fsp3) is 0.444. The molecule has 2 aromatic carbocycles. The van der Waals surface area contributed by atoms with Crippen LogP contribution in [0.2, 0.25) is 0 Å². The maximum absolute atomic E-state index is 13.9. The SMILES string of the molecule is CC1OC(Oc2c(-c3ccc(O)cc3)oc3cc(O)cc(O)c3c2=O)(OC2C(O)OC(CO)C(O)C2O)C(O)C(O)C1O. The number of ether oxygens (including phenoxy) is 4. The highest BCUT2D eigenvalue weighted by atomic mass is 16.9. The van der Waals surface area contributed by atoms with Crippen molar-refractivity contribution in [3.05, 3.63) is 46.6 Å². The van der Waals surface area contributed by atoms with E-state index >= 15 is 0 Å². The van der Waals surface area contributed by atoms with Crippen LogP contribution < -0.4 is 10.2 Å². The van der Waals surface area contributed by atoms with Crippen molar-refractivity contribution in [1.29, 1.82) is 0 Å². The number of fused-ring (bicyclic) bond motifs is 1. The van der Waals surface area contributed by atoms with Crippen LogP contribution >= 0.6 is 0 Å². The molecule has 0 aliphatic carbocycles. The Labute approximate surface area is 241 Å². The van der Waals surface area contributed by atoms with Gasteiger partial charge in [0.25, 0.3) is 0 Å². The zero-order chi connectivity index (χ0) is 31.4. The molecule has 0 radical (unpaired) electrons. The van der Waals surface area contributed by atoms with Gasteiger partial charge in [0.2, 0.25) is 11.2 Å². The summed E-state index contributed by atoms with van der Waals surface area (Å²) in [4.78, 5) is 13.9. The van der Waals surface area contributed by atoms with E-state index in [4.69, 9.17) is 23.4 Å². The van der Waals surface area contributed by atoms with Crippen LogP contribution in [0, 0.1) is 0 Å². The third-order valence-corrected chi connectivity index (χ3v) is 7.30. The molecule has 16 heteroatoms. The van der Waals surface area contributed by atoms with E-state index in [2.05, 4.69) is 0 Å². The summed E-state index contributed by atoms with van der Waals surface area (Å²) in [6, 6.07) is 6.93. The van der Waals surface area contributed by atoms with Crippen molar-refractivity contribution in [2.75, 3.05) is 6.61 Å². The molecule has 10 unspecified atom stereocenters. The summed E-state index contributed by atoms with van der Waals surface area (Å²) in [5.74, 6) is -5.67. The molecular weight excluding hydrogens is 580 g/mol.